The third-order valence-corrected chi connectivity index (χ3v) is 2.72. The average Bonchev–Trinajstić information content (AvgIpc) is 2.59. The lowest BCUT2D eigenvalue weighted by Crippen LogP contribution is -2.11. The third-order valence-electron chi connectivity index (χ3n) is 2.72. The van der Waals surface area contributed by atoms with Gasteiger partial charge < -0.3 is 5.32 Å². The number of rotatable bonds is 3. The average molecular weight is 203 g/mol. The van der Waals surface area contributed by atoms with E-state index in [1.54, 1.807) is 0 Å². The summed E-state index contributed by atoms with van der Waals surface area (Å²) in [7, 11) is 1.97. The molecule has 0 spiro atoms. The summed E-state index contributed by atoms with van der Waals surface area (Å²) in [6.07, 6.45) is 0. The van der Waals surface area contributed by atoms with Crippen LogP contribution in [0.3, 0.4) is 0 Å². The van der Waals surface area contributed by atoms with Gasteiger partial charge in [0.1, 0.15) is 0 Å². The zero-order chi connectivity index (χ0) is 10.8. The Morgan fingerprint density at radius 3 is 2.87 bits per heavy atom. The molecule has 0 fully saturated rings. The van der Waals surface area contributed by atoms with Crippen LogP contribution < -0.4 is 5.32 Å². The van der Waals surface area contributed by atoms with Crippen LogP contribution in [-0.2, 0) is 13.1 Å². The molecule has 15 heavy (non-hydrogen) atoms. The second kappa shape index (κ2) is 4.03. The van der Waals surface area contributed by atoms with Crippen molar-refractivity contribution >= 4 is 10.9 Å². The summed E-state index contributed by atoms with van der Waals surface area (Å²) in [5.74, 6) is 0. The summed E-state index contributed by atoms with van der Waals surface area (Å²) in [5.41, 5.74) is 3.65. The van der Waals surface area contributed by atoms with E-state index in [-0.39, 0.29) is 0 Å². The van der Waals surface area contributed by atoms with Crippen LogP contribution in [0.1, 0.15) is 18.2 Å². The first kappa shape index (κ1) is 10.2. The minimum absolute atomic E-state index is 0.869. The minimum Gasteiger partial charge on any atom is -0.314 e. The summed E-state index contributed by atoms with van der Waals surface area (Å²) in [6.45, 7) is 6.03. The van der Waals surface area contributed by atoms with Crippen LogP contribution in [0.4, 0.5) is 0 Å². The van der Waals surface area contributed by atoms with E-state index in [4.69, 9.17) is 0 Å². The number of nitrogens with one attached hydrogen (secondary N) is 1. The van der Waals surface area contributed by atoms with Gasteiger partial charge in [-0.3, -0.25) is 4.68 Å². The predicted octanol–water partition coefficient (Wildman–Crippen LogP) is 2.08. The highest BCUT2D eigenvalue weighted by atomic mass is 15.3. The quantitative estimate of drug-likeness (QED) is 0.827. The lowest BCUT2D eigenvalue weighted by Gasteiger charge is -2.03. The topological polar surface area (TPSA) is 29.9 Å². The molecule has 0 unspecified atom stereocenters. The zero-order valence-electron chi connectivity index (χ0n) is 9.54. The van der Waals surface area contributed by atoms with Gasteiger partial charge in [0.2, 0.25) is 0 Å². The molecule has 80 valence electrons. The van der Waals surface area contributed by atoms with Gasteiger partial charge in [-0.25, -0.2) is 0 Å². The van der Waals surface area contributed by atoms with Crippen LogP contribution in [0.5, 0.6) is 0 Å². The fourth-order valence-corrected chi connectivity index (χ4v) is 1.96. The molecule has 1 aromatic carbocycles. The van der Waals surface area contributed by atoms with E-state index in [2.05, 4.69) is 47.1 Å². The number of hydrogen-bond donors (Lipinski definition) is 1. The van der Waals surface area contributed by atoms with Crippen LogP contribution in [0.2, 0.25) is 0 Å². The number of aromatic nitrogens is 2. The maximum Gasteiger partial charge on any atom is 0.0955 e. The van der Waals surface area contributed by atoms with Gasteiger partial charge in [-0.1, -0.05) is 18.2 Å². The standard InChI is InChI=1S/C12H17N3/c1-4-15-11(8-13-3)10-7-5-6-9(2)12(10)14-15/h5-7,13H,4,8H2,1-3H3. The van der Waals surface area contributed by atoms with Gasteiger partial charge >= 0.3 is 0 Å². The lowest BCUT2D eigenvalue weighted by atomic mass is 10.1. The first-order chi connectivity index (χ1) is 7.27. The smallest absolute Gasteiger partial charge is 0.0955 e. The third kappa shape index (κ3) is 1.63. The van der Waals surface area contributed by atoms with E-state index in [1.807, 2.05) is 7.05 Å². The second-order valence-electron chi connectivity index (χ2n) is 3.76. The largest absolute Gasteiger partial charge is 0.314 e. The Kier molecular flexibility index (Phi) is 2.73. The van der Waals surface area contributed by atoms with E-state index < -0.39 is 0 Å². The van der Waals surface area contributed by atoms with Gasteiger partial charge in [-0.2, -0.15) is 5.10 Å². The maximum absolute atomic E-state index is 4.63. The van der Waals surface area contributed by atoms with Crippen molar-refractivity contribution in [2.24, 2.45) is 0 Å². The summed E-state index contributed by atoms with van der Waals surface area (Å²) < 4.78 is 2.08. The van der Waals surface area contributed by atoms with Gasteiger partial charge in [-0.05, 0) is 26.5 Å². The first-order valence-corrected chi connectivity index (χ1v) is 5.37. The van der Waals surface area contributed by atoms with Gasteiger partial charge in [0, 0.05) is 18.5 Å². The van der Waals surface area contributed by atoms with Crippen LogP contribution in [0, 0.1) is 6.92 Å². The van der Waals surface area contributed by atoms with Crippen LogP contribution in [-0.4, -0.2) is 16.8 Å². The summed E-state index contributed by atoms with van der Waals surface area (Å²) >= 11 is 0. The fraction of sp³-hybridized carbons (Fsp3) is 0.417. The Morgan fingerprint density at radius 2 is 2.20 bits per heavy atom. The molecule has 2 rings (SSSR count). The molecule has 0 radical (unpaired) electrons. The molecule has 1 N–H and O–H groups in total. The van der Waals surface area contributed by atoms with Crippen molar-refractivity contribution in [1.29, 1.82) is 0 Å². The highest BCUT2D eigenvalue weighted by Gasteiger charge is 2.10. The van der Waals surface area contributed by atoms with E-state index >= 15 is 0 Å². The molecule has 0 saturated carbocycles. The number of aryl methyl sites for hydroxylation is 2. The van der Waals surface area contributed by atoms with Crippen molar-refractivity contribution in [3.05, 3.63) is 29.5 Å². The molecule has 3 nitrogen and oxygen atoms in total. The number of benzene rings is 1. The predicted molar refractivity (Wildman–Crippen MR) is 62.9 cm³/mol. The highest BCUT2D eigenvalue weighted by Crippen LogP contribution is 2.21. The molecule has 1 aromatic heterocycles. The van der Waals surface area contributed by atoms with Crippen molar-refractivity contribution in [3.63, 3.8) is 0 Å². The van der Waals surface area contributed by atoms with Gasteiger partial charge in [0.15, 0.2) is 0 Å². The van der Waals surface area contributed by atoms with E-state index in [0.29, 0.717) is 0 Å². The summed E-state index contributed by atoms with van der Waals surface area (Å²) in [6, 6.07) is 6.35. The lowest BCUT2D eigenvalue weighted by molar-refractivity contribution is 0.609. The van der Waals surface area contributed by atoms with Crippen molar-refractivity contribution in [2.45, 2.75) is 26.9 Å². The minimum atomic E-state index is 0.869. The van der Waals surface area contributed by atoms with E-state index in [0.717, 1.165) is 18.6 Å². The molecule has 0 saturated heterocycles. The molecular formula is C12H17N3. The second-order valence-corrected chi connectivity index (χ2v) is 3.76. The zero-order valence-corrected chi connectivity index (χ0v) is 9.54. The van der Waals surface area contributed by atoms with Gasteiger partial charge in [-0.15, -0.1) is 0 Å². The molecule has 3 heteroatoms. The van der Waals surface area contributed by atoms with Crippen LogP contribution >= 0.6 is 0 Å². The Bertz CT molecular complexity index is 471. The molecule has 2 aromatic rings. The Balaban J connectivity index is 2.68. The maximum atomic E-state index is 4.63. The van der Waals surface area contributed by atoms with E-state index in [1.165, 1.54) is 16.6 Å². The van der Waals surface area contributed by atoms with Crippen molar-refractivity contribution in [1.82, 2.24) is 15.1 Å². The monoisotopic (exact) mass is 203 g/mol. The Labute approximate surface area is 90.1 Å². The number of nitrogens with zero attached hydrogens (tertiary/aromatic N) is 2. The van der Waals surface area contributed by atoms with Gasteiger partial charge in [0.25, 0.3) is 0 Å². The fourth-order valence-electron chi connectivity index (χ4n) is 1.96. The summed E-state index contributed by atoms with van der Waals surface area (Å²) in [4.78, 5) is 0. The Hall–Kier alpha value is -1.35. The molecule has 0 aliphatic rings. The number of fused-ring (bicyclic) bond motifs is 1. The summed E-state index contributed by atoms with van der Waals surface area (Å²) in [5, 5.41) is 9.09. The van der Waals surface area contributed by atoms with Gasteiger partial charge in [0.05, 0.1) is 11.2 Å². The molecule has 0 bridgehead atoms. The molecule has 0 aliphatic carbocycles. The normalized spacial score (nSPS) is 11.1. The highest BCUT2D eigenvalue weighted by molar-refractivity contribution is 5.84. The van der Waals surface area contributed by atoms with Crippen molar-refractivity contribution < 1.29 is 0 Å². The number of hydrogen-bond acceptors (Lipinski definition) is 2. The van der Waals surface area contributed by atoms with Crippen LogP contribution in [0.25, 0.3) is 10.9 Å². The Morgan fingerprint density at radius 1 is 1.40 bits per heavy atom. The first-order valence-electron chi connectivity index (χ1n) is 5.37. The molecule has 0 atom stereocenters. The molecule has 0 amide bonds. The molecular weight excluding hydrogens is 186 g/mol. The van der Waals surface area contributed by atoms with Crippen LogP contribution in [0.15, 0.2) is 18.2 Å². The molecule has 0 aliphatic heterocycles. The van der Waals surface area contributed by atoms with E-state index in [9.17, 15) is 0 Å². The molecule has 1 heterocycles. The SMILES string of the molecule is CCn1nc2c(C)cccc2c1CNC. The van der Waals surface area contributed by atoms with Crippen molar-refractivity contribution in [3.8, 4) is 0 Å². The van der Waals surface area contributed by atoms with Crippen molar-refractivity contribution in [2.75, 3.05) is 7.05 Å².